The molecule has 0 spiro atoms. The van der Waals surface area contributed by atoms with Gasteiger partial charge in [0, 0.05) is 34.4 Å². The Bertz CT molecular complexity index is 1100. The first kappa shape index (κ1) is 17.8. The molecular formula is C23H22N2O3. The largest absolute Gasteiger partial charge is 0.508 e. The predicted octanol–water partition coefficient (Wildman–Crippen LogP) is 5.18. The molecule has 142 valence electrons. The van der Waals surface area contributed by atoms with E-state index in [1.54, 1.807) is 24.3 Å². The molecule has 5 heteroatoms. The van der Waals surface area contributed by atoms with Gasteiger partial charge in [0.15, 0.2) is 11.5 Å². The lowest BCUT2D eigenvalue weighted by atomic mass is 9.97. The van der Waals surface area contributed by atoms with Gasteiger partial charge in [-0.25, -0.2) is 0 Å². The summed E-state index contributed by atoms with van der Waals surface area (Å²) in [5.74, 6) is 0.756. The Morgan fingerprint density at radius 1 is 1.00 bits per heavy atom. The number of hydrogen-bond acceptors (Lipinski definition) is 4. The van der Waals surface area contributed by atoms with Crippen molar-refractivity contribution in [3.05, 3.63) is 84.1 Å². The number of rotatable bonds is 6. The molecule has 1 heterocycles. The molecule has 0 fully saturated rings. The molecule has 1 aromatic heterocycles. The molecule has 3 aromatic carbocycles. The lowest BCUT2D eigenvalue weighted by molar-refractivity contribution is 0.317. The van der Waals surface area contributed by atoms with Crippen LogP contribution in [0.15, 0.2) is 72.9 Å². The summed E-state index contributed by atoms with van der Waals surface area (Å²) in [6, 6.07) is 20.3. The van der Waals surface area contributed by atoms with Gasteiger partial charge in [-0.3, -0.25) is 0 Å². The maximum absolute atomic E-state index is 10.1. The van der Waals surface area contributed by atoms with E-state index < -0.39 is 0 Å². The van der Waals surface area contributed by atoms with Gasteiger partial charge in [0.2, 0.25) is 0 Å². The predicted molar refractivity (Wildman–Crippen MR) is 111 cm³/mol. The van der Waals surface area contributed by atoms with E-state index in [4.69, 9.17) is 4.74 Å². The van der Waals surface area contributed by atoms with Gasteiger partial charge in [-0.2, -0.15) is 0 Å². The van der Waals surface area contributed by atoms with Crippen LogP contribution in [0.2, 0.25) is 0 Å². The van der Waals surface area contributed by atoms with Crippen LogP contribution in [0, 0.1) is 0 Å². The Morgan fingerprint density at radius 2 is 1.86 bits per heavy atom. The summed E-state index contributed by atoms with van der Waals surface area (Å²) in [4.78, 5) is 3.32. The van der Waals surface area contributed by atoms with E-state index in [0.29, 0.717) is 12.4 Å². The smallest absolute Gasteiger partial charge is 0.161 e. The van der Waals surface area contributed by atoms with Crippen molar-refractivity contribution in [2.75, 3.05) is 11.9 Å². The standard InChI is InChI=1S/C23H22N2O3/c1-2-28-22-12-15(10-11-21(22)27)23(25-16-6-5-7-17(26)13-16)19-14-24-20-9-4-3-8-18(19)20/h3-14,23-27H,2H2,1H3. The highest BCUT2D eigenvalue weighted by atomic mass is 16.5. The molecular weight excluding hydrogens is 352 g/mol. The summed E-state index contributed by atoms with van der Waals surface area (Å²) in [5, 5.41) is 24.5. The molecule has 0 bridgehead atoms. The number of para-hydroxylation sites is 1. The van der Waals surface area contributed by atoms with Crippen LogP contribution in [0.3, 0.4) is 0 Å². The third kappa shape index (κ3) is 3.47. The topological polar surface area (TPSA) is 77.5 Å². The maximum Gasteiger partial charge on any atom is 0.161 e. The van der Waals surface area contributed by atoms with Crippen molar-refractivity contribution in [1.82, 2.24) is 4.98 Å². The Labute approximate surface area is 163 Å². The molecule has 0 amide bonds. The first-order chi connectivity index (χ1) is 13.7. The zero-order valence-corrected chi connectivity index (χ0v) is 15.5. The van der Waals surface area contributed by atoms with Crippen molar-refractivity contribution in [3.63, 3.8) is 0 Å². The molecule has 4 aromatic rings. The van der Waals surface area contributed by atoms with Crippen molar-refractivity contribution in [1.29, 1.82) is 0 Å². The molecule has 1 atom stereocenters. The van der Waals surface area contributed by atoms with E-state index in [0.717, 1.165) is 27.7 Å². The first-order valence-electron chi connectivity index (χ1n) is 9.23. The summed E-state index contributed by atoms with van der Waals surface area (Å²) >= 11 is 0. The Balaban J connectivity index is 1.83. The Kier molecular flexibility index (Phi) is 4.81. The highest BCUT2D eigenvalue weighted by molar-refractivity contribution is 5.84. The van der Waals surface area contributed by atoms with Crippen molar-refractivity contribution in [2.24, 2.45) is 0 Å². The highest BCUT2D eigenvalue weighted by Gasteiger charge is 2.20. The van der Waals surface area contributed by atoms with Gasteiger partial charge in [0.25, 0.3) is 0 Å². The molecule has 0 radical (unpaired) electrons. The Morgan fingerprint density at radius 3 is 2.68 bits per heavy atom. The number of hydrogen-bond donors (Lipinski definition) is 4. The molecule has 28 heavy (non-hydrogen) atoms. The number of anilines is 1. The average Bonchev–Trinajstić information content (AvgIpc) is 3.12. The van der Waals surface area contributed by atoms with Crippen LogP contribution in [-0.4, -0.2) is 21.8 Å². The van der Waals surface area contributed by atoms with E-state index in [1.807, 2.05) is 49.5 Å². The van der Waals surface area contributed by atoms with Gasteiger partial charge in [0.05, 0.1) is 12.6 Å². The Hall–Kier alpha value is -3.60. The molecule has 5 nitrogen and oxygen atoms in total. The lowest BCUT2D eigenvalue weighted by Gasteiger charge is -2.21. The molecule has 0 saturated heterocycles. The van der Waals surface area contributed by atoms with Gasteiger partial charge in [-0.05, 0) is 42.8 Å². The zero-order chi connectivity index (χ0) is 19.5. The number of benzene rings is 3. The number of phenols is 2. The van der Waals surface area contributed by atoms with Crippen LogP contribution < -0.4 is 10.1 Å². The molecule has 0 aliphatic carbocycles. The molecule has 4 rings (SSSR count). The number of H-pyrrole nitrogens is 1. The number of fused-ring (bicyclic) bond motifs is 1. The molecule has 1 unspecified atom stereocenters. The maximum atomic E-state index is 10.1. The minimum absolute atomic E-state index is 0.112. The lowest BCUT2D eigenvalue weighted by Crippen LogP contribution is -2.12. The van der Waals surface area contributed by atoms with Gasteiger partial charge in [0.1, 0.15) is 5.75 Å². The zero-order valence-electron chi connectivity index (χ0n) is 15.5. The van der Waals surface area contributed by atoms with Crippen molar-refractivity contribution in [3.8, 4) is 17.2 Å². The van der Waals surface area contributed by atoms with E-state index in [1.165, 1.54) is 0 Å². The number of nitrogens with one attached hydrogen (secondary N) is 2. The second-order valence-electron chi connectivity index (χ2n) is 6.58. The van der Waals surface area contributed by atoms with Crippen molar-refractivity contribution < 1.29 is 14.9 Å². The quantitative estimate of drug-likeness (QED) is 0.375. The average molecular weight is 374 g/mol. The second-order valence-corrected chi connectivity index (χ2v) is 6.58. The fourth-order valence-corrected chi connectivity index (χ4v) is 3.42. The van der Waals surface area contributed by atoms with Crippen LogP contribution in [0.1, 0.15) is 24.1 Å². The van der Waals surface area contributed by atoms with Gasteiger partial charge in [-0.15, -0.1) is 0 Å². The molecule has 4 N–H and O–H groups in total. The highest BCUT2D eigenvalue weighted by Crippen LogP contribution is 2.36. The van der Waals surface area contributed by atoms with Gasteiger partial charge >= 0.3 is 0 Å². The van der Waals surface area contributed by atoms with Crippen LogP contribution in [0.4, 0.5) is 5.69 Å². The van der Waals surface area contributed by atoms with Crippen LogP contribution in [-0.2, 0) is 0 Å². The van der Waals surface area contributed by atoms with E-state index >= 15 is 0 Å². The number of phenolic OH excluding ortho intramolecular Hbond substituents is 2. The molecule has 0 saturated carbocycles. The molecule has 0 aliphatic rings. The van der Waals surface area contributed by atoms with Gasteiger partial charge < -0.3 is 25.3 Å². The normalized spacial score (nSPS) is 12.0. The summed E-state index contributed by atoms with van der Waals surface area (Å²) in [6.45, 7) is 2.35. The summed E-state index contributed by atoms with van der Waals surface area (Å²) in [6.07, 6.45) is 1.98. The fraction of sp³-hybridized carbons (Fsp3) is 0.130. The van der Waals surface area contributed by atoms with Crippen molar-refractivity contribution >= 4 is 16.6 Å². The third-order valence-electron chi connectivity index (χ3n) is 4.71. The summed E-state index contributed by atoms with van der Waals surface area (Å²) < 4.78 is 5.58. The number of aromatic hydroxyl groups is 2. The van der Waals surface area contributed by atoms with Crippen LogP contribution in [0.25, 0.3) is 10.9 Å². The van der Waals surface area contributed by atoms with Gasteiger partial charge in [-0.1, -0.05) is 30.3 Å². The summed E-state index contributed by atoms with van der Waals surface area (Å²) in [7, 11) is 0. The van der Waals surface area contributed by atoms with E-state index in [2.05, 4.69) is 16.4 Å². The number of ether oxygens (including phenoxy) is 1. The fourth-order valence-electron chi connectivity index (χ4n) is 3.42. The number of aromatic amines is 1. The van der Waals surface area contributed by atoms with E-state index in [-0.39, 0.29) is 17.5 Å². The SMILES string of the molecule is CCOc1cc(C(Nc2cccc(O)c2)c2c[nH]c3ccccc23)ccc1O. The third-order valence-corrected chi connectivity index (χ3v) is 4.71. The number of aromatic nitrogens is 1. The monoisotopic (exact) mass is 374 g/mol. The van der Waals surface area contributed by atoms with Crippen LogP contribution >= 0.6 is 0 Å². The van der Waals surface area contributed by atoms with E-state index in [9.17, 15) is 10.2 Å². The first-order valence-corrected chi connectivity index (χ1v) is 9.23. The minimum atomic E-state index is -0.210. The van der Waals surface area contributed by atoms with Crippen molar-refractivity contribution in [2.45, 2.75) is 13.0 Å². The summed E-state index contributed by atoms with van der Waals surface area (Å²) in [5.41, 5.74) is 3.84. The minimum Gasteiger partial charge on any atom is -0.508 e. The molecule has 0 aliphatic heterocycles. The second kappa shape index (κ2) is 7.56. The van der Waals surface area contributed by atoms with Crippen LogP contribution in [0.5, 0.6) is 17.2 Å².